The molecule has 3 nitrogen and oxygen atoms in total. The maximum atomic E-state index is 6.30. The number of ether oxygens (including phenoxy) is 2. The topological polar surface area (TPSA) is 44.5 Å². The molecule has 0 spiro atoms. The first-order chi connectivity index (χ1) is 10.7. The number of hydrogen-bond donors (Lipinski definition) is 1. The van der Waals surface area contributed by atoms with Crippen LogP contribution in [-0.4, -0.2) is 19.3 Å². The van der Waals surface area contributed by atoms with Crippen LogP contribution in [0, 0.1) is 0 Å². The smallest absolute Gasteiger partial charge is 0.119 e. The van der Waals surface area contributed by atoms with Gasteiger partial charge in [0.2, 0.25) is 0 Å². The van der Waals surface area contributed by atoms with Crippen molar-refractivity contribution in [3.8, 4) is 11.5 Å². The van der Waals surface area contributed by atoms with Crippen LogP contribution in [0.5, 0.6) is 11.5 Å². The molecule has 118 valence electrons. The van der Waals surface area contributed by atoms with Crippen LogP contribution in [0.4, 0.5) is 0 Å². The Morgan fingerprint density at radius 1 is 0.818 bits per heavy atom. The van der Waals surface area contributed by atoms with Gasteiger partial charge in [-0.05, 0) is 62.1 Å². The number of benzene rings is 2. The third-order valence-electron chi connectivity index (χ3n) is 3.41. The molecule has 0 radical (unpaired) electrons. The Hall–Kier alpha value is -2.00. The first kappa shape index (κ1) is 16.4. The van der Waals surface area contributed by atoms with E-state index in [0.29, 0.717) is 13.2 Å². The predicted octanol–water partition coefficient (Wildman–Crippen LogP) is 3.60. The Kier molecular flexibility index (Phi) is 6.28. The van der Waals surface area contributed by atoms with Crippen molar-refractivity contribution in [2.24, 2.45) is 5.73 Å². The third-order valence-corrected chi connectivity index (χ3v) is 3.41. The fourth-order valence-electron chi connectivity index (χ4n) is 2.54. The van der Waals surface area contributed by atoms with Crippen LogP contribution in [0.15, 0.2) is 48.5 Å². The maximum absolute atomic E-state index is 6.30. The van der Waals surface area contributed by atoms with Gasteiger partial charge in [0.05, 0.1) is 13.2 Å². The second-order valence-electron chi connectivity index (χ2n) is 5.33. The van der Waals surface area contributed by atoms with Gasteiger partial charge in [0.25, 0.3) is 0 Å². The molecule has 3 heteroatoms. The molecule has 0 aliphatic carbocycles. The zero-order valence-electron chi connectivity index (χ0n) is 13.4. The summed E-state index contributed by atoms with van der Waals surface area (Å²) in [6.45, 7) is 5.34. The van der Waals surface area contributed by atoms with Gasteiger partial charge in [0.15, 0.2) is 0 Å². The van der Waals surface area contributed by atoms with Gasteiger partial charge in [0, 0.05) is 6.04 Å². The largest absolute Gasteiger partial charge is 0.494 e. The summed E-state index contributed by atoms with van der Waals surface area (Å²) in [4.78, 5) is 0. The molecule has 0 fully saturated rings. The van der Waals surface area contributed by atoms with E-state index >= 15 is 0 Å². The van der Waals surface area contributed by atoms with Crippen molar-refractivity contribution in [3.05, 3.63) is 59.7 Å². The highest BCUT2D eigenvalue weighted by atomic mass is 16.5. The van der Waals surface area contributed by atoms with E-state index in [9.17, 15) is 0 Å². The average Bonchev–Trinajstić information content (AvgIpc) is 2.48. The lowest BCUT2D eigenvalue weighted by molar-refractivity contribution is 0.340. The average molecular weight is 299 g/mol. The van der Waals surface area contributed by atoms with Gasteiger partial charge in [0.1, 0.15) is 11.5 Å². The lowest BCUT2D eigenvalue weighted by Gasteiger charge is -2.13. The molecule has 2 rings (SSSR count). The van der Waals surface area contributed by atoms with Crippen LogP contribution in [0.25, 0.3) is 0 Å². The minimum absolute atomic E-state index is 0.0775. The molecule has 0 aliphatic rings. The summed E-state index contributed by atoms with van der Waals surface area (Å²) >= 11 is 0. The second-order valence-corrected chi connectivity index (χ2v) is 5.33. The van der Waals surface area contributed by atoms with E-state index in [-0.39, 0.29) is 6.04 Å². The number of nitrogens with two attached hydrogens (primary N) is 1. The van der Waals surface area contributed by atoms with Crippen LogP contribution in [-0.2, 0) is 12.8 Å². The quantitative estimate of drug-likeness (QED) is 0.810. The minimum Gasteiger partial charge on any atom is -0.494 e. The van der Waals surface area contributed by atoms with Crippen molar-refractivity contribution in [1.82, 2.24) is 0 Å². The van der Waals surface area contributed by atoms with E-state index in [0.717, 1.165) is 24.3 Å². The van der Waals surface area contributed by atoms with E-state index in [4.69, 9.17) is 15.2 Å². The molecule has 22 heavy (non-hydrogen) atoms. The predicted molar refractivity (Wildman–Crippen MR) is 90.6 cm³/mol. The Morgan fingerprint density at radius 3 is 1.68 bits per heavy atom. The van der Waals surface area contributed by atoms with E-state index in [1.165, 1.54) is 11.1 Å². The molecule has 0 atom stereocenters. The lowest BCUT2D eigenvalue weighted by atomic mass is 9.99. The van der Waals surface area contributed by atoms with Crippen molar-refractivity contribution in [1.29, 1.82) is 0 Å². The summed E-state index contributed by atoms with van der Waals surface area (Å²) in [7, 11) is 0. The molecular weight excluding hydrogens is 274 g/mol. The molecule has 2 aromatic carbocycles. The van der Waals surface area contributed by atoms with Gasteiger partial charge in [-0.25, -0.2) is 0 Å². The second kappa shape index (κ2) is 8.44. The van der Waals surface area contributed by atoms with Crippen LogP contribution < -0.4 is 15.2 Å². The molecule has 0 unspecified atom stereocenters. The summed E-state index contributed by atoms with van der Waals surface area (Å²) in [6.07, 6.45) is 1.67. The Labute approximate surface area is 133 Å². The molecule has 2 aromatic rings. The summed E-state index contributed by atoms with van der Waals surface area (Å²) < 4.78 is 11.1. The normalized spacial score (nSPS) is 10.7. The summed E-state index contributed by atoms with van der Waals surface area (Å²) in [5.74, 6) is 1.82. The summed E-state index contributed by atoms with van der Waals surface area (Å²) in [5, 5.41) is 0. The highest BCUT2D eigenvalue weighted by Crippen LogP contribution is 2.17. The lowest BCUT2D eigenvalue weighted by Crippen LogP contribution is -2.25. The fraction of sp³-hybridized carbons (Fsp3) is 0.368. The Morgan fingerprint density at radius 2 is 1.27 bits per heavy atom. The molecule has 0 aromatic heterocycles. The molecule has 0 amide bonds. The monoisotopic (exact) mass is 299 g/mol. The van der Waals surface area contributed by atoms with Gasteiger partial charge < -0.3 is 15.2 Å². The molecule has 0 saturated heterocycles. The van der Waals surface area contributed by atoms with Crippen molar-refractivity contribution in [2.75, 3.05) is 13.2 Å². The molecule has 2 N–H and O–H groups in total. The highest BCUT2D eigenvalue weighted by Gasteiger charge is 2.07. The van der Waals surface area contributed by atoms with Crippen molar-refractivity contribution in [2.45, 2.75) is 32.7 Å². The molecular formula is C19H25NO2. The van der Waals surface area contributed by atoms with Crippen molar-refractivity contribution >= 4 is 0 Å². The maximum Gasteiger partial charge on any atom is 0.119 e. The zero-order valence-corrected chi connectivity index (χ0v) is 13.4. The number of hydrogen-bond acceptors (Lipinski definition) is 3. The highest BCUT2D eigenvalue weighted by molar-refractivity contribution is 5.31. The zero-order chi connectivity index (χ0) is 15.8. The first-order valence-electron chi connectivity index (χ1n) is 7.90. The van der Waals surface area contributed by atoms with Gasteiger partial charge in [-0.3, -0.25) is 0 Å². The SMILES string of the molecule is CCOc1cccc(CC(N)Cc2cccc(OCC)c2)c1. The van der Waals surface area contributed by atoms with Crippen molar-refractivity contribution < 1.29 is 9.47 Å². The van der Waals surface area contributed by atoms with Crippen LogP contribution in [0.2, 0.25) is 0 Å². The van der Waals surface area contributed by atoms with Crippen molar-refractivity contribution in [3.63, 3.8) is 0 Å². The fourth-order valence-corrected chi connectivity index (χ4v) is 2.54. The van der Waals surface area contributed by atoms with Crippen LogP contribution >= 0.6 is 0 Å². The number of rotatable bonds is 8. The van der Waals surface area contributed by atoms with E-state index in [1.807, 2.05) is 38.1 Å². The van der Waals surface area contributed by atoms with Gasteiger partial charge in [-0.15, -0.1) is 0 Å². The van der Waals surface area contributed by atoms with Gasteiger partial charge in [-0.2, -0.15) is 0 Å². The molecule has 0 bridgehead atoms. The van der Waals surface area contributed by atoms with Gasteiger partial charge >= 0.3 is 0 Å². The Bertz CT molecular complexity index is 532. The summed E-state index contributed by atoms with van der Waals surface area (Å²) in [6, 6.07) is 16.4. The summed E-state index contributed by atoms with van der Waals surface area (Å²) in [5.41, 5.74) is 8.72. The van der Waals surface area contributed by atoms with E-state index in [1.54, 1.807) is 0 Å². The molecule has 0 aliphatic heterocycles. The third kappa shape index (κ3) is 5.08. The van der Waals surface area contributed by atoms with Crippen LogP contribution in [0.1, 0.15) is 25.0 Å². The van der Waals surface area contributed by atoms with E-state index < -0.39 is 0 Å². The molecule has 0 heterocycles. The standard InChI is InChI=1S/C19H25NO2/c1-3-21-18-9-5-7-15(13-18)11-17(20)12-16-8-6-10-19(14-16)22-4-2/h5-10,13-14,17H,3-4,11-12,20H2,1-2H3. The Balaban J connectivity index is 1.96. The van der Waals surface area contributed by atoms with Crippen LogP contribution in [0.3, 0.4) is 0 Å². The molecule has 0 saturated carbocycles. The van der Waals surface area contributed by atoms with E-state index in [2.05, 4.69) is 24.3 Å². The minimum atomic E-state index is 0.0775. The van der Waals surface area contributed by atoms with Gasteiger partial charge in [-0.1, -0.05) is 24.3 Å². The first-order valence-corrected chi connectivity index (χ1v) is 7.90.